The monoisotopic (exact) mass is 515 g/mol. The van der Waals surface area contributed by atoms with Crippen LogP contribution in [0.25, 0.3) is 0 Å². The highest BCUT2D eigenvalue weighted by atomic mass is 35.5. The fourth-order valence-electron chi connectivity index (χ4n) is 7.76. The molecule has 0 radical (unpaired) electrons. The third-order valence-electron chi connectivity index (χ3n) is 9.47. The van der Waals surface area contributed by atoms with Crippen molar-refractivity contribution < 1.29 is 9.53 Å². The fraction of sp³-hybridized carbons (Fsp3) is 0.424. The first-order valence-electron chi connectivity index (χ1n) is 13.8. The highest BCUT2D eigenvalue weighted by Crippen LogP contribution is 2.59. The number of halogens is 1. The maximum Gasteiger partial charge on any atom is 0.310 e. The van der Waals surface area contributed by atoms with Gasteiger partial charge in [-0.2, -0.15) is 0 Å². The summed E-state index contributed by atoms with van der Waals surface area (Å²) in [7, 11) is 0. The van der Waals surface area contributed by atoms with Crippen molar-refractivity contribution in [1.82, 2.24) is 4.90 Å². The minimum atomic E-state index is -0.0252. The number of ether oxygens (including phenoxy) is 1. The Labute approximate surface area is 227 Å². The molecule has 37 heavy (non-hydrogen) atoms. The first-order chi connectivity index (χ1) is 17.7. The van der Waals surface area contributed by atoms with E-state index in [1.807, 2.05) is 18.2 Å². The number of rotatable bonds is 8. The van der Waals surface area contributed by atoms with Gasteiger partial charge < -0.3 is 4.74 Å². The van der Waals surface area contributed by atoms with E-state index in [0.717, 1.165) is 45.1 Å². The zero-order chi connectivity index (χ0) is 24.5. The highest BCUT2D eigenvalue weighted by Gasteiger charge is 2.62. The normalized spacial score (nSPS) is 27.7. The van der Waals surface area contributed by atoms with Gasteiger partial charge in [-0.15, -0.1) is 12.4 Å². The van der Waals surface area contributed by atoms with Crippen molar-refractivity contribution in [1.29, 1.82) is 0 Å². The molecule has 3 unspecified atom stereocenters. The number of piperidine rings is 2. The van der Waals surface area contributed by atoms with Gasteiger partial charge in [0.05, 0.1) is 12.5 Å². The smallest absolute Gasteiger partial charge is 0.310 e. The van der Waals surface area contributed by atoms with Crippen LogP contribution in [0.3, 0.4) is 0 Å². The van der Waals surface area contributed by atoms with Gasteiger partial charge in [-0.3, -0.25) is 9.69 Å². The van der Waals surface area contributed by atoms with E-state index in [0.29, 0.717) is 18.6 Å². The fourth-order valence-corrected chi connectivity index (χ4v) is 7.76. The van der Waals surface area contributed by atoms with Gasteiger partial charge in [-0.25, -0.2) is 0 Å². The van der Waals surface area contributed by atoms with Gasteiger partial charge in [-0.05, 0) is 60.3 Å². The SMILES string of the molecule is CC[C@@]12CC3[C@@H](C(=O)OCCc4ccccc4)CC1C(Cc1ccccc12)N3CCc1ccccc1.Cl. The van der Waals surface area contributed by atoms with Crippen LogP contribution in [0.4, 0.5) is 0 Å². The van der Waals surface area contributed by atoms with E-state index in [4.69, 9.17) is 4.74 Å². The average Bonchev–Trinajstić information content (AvgIpc) is 2.93. The lowest BCUT2D eigenvalue weighted by Gasteiger charge is -2.65. The van der Waals surface area contributed by atoms with Crippen LogP contribution in [0.2, 0.25) is 0 Å². The topological polar surface area (TPSA) is 29.5 Å². The van der Waals surface area contributed by atoms with Crippen LogP contribution in [-0.4, -0.2) is 36.1 Å². The molecule has 0 N–H and O–H groups in total. The van der Waals surface area contributed by atoms with E-state index in [-0.39, 0.29) is 35.8 Å². The molecule has 3 fully saturated rings. The van der Waals surface area contributed by atoms with Gasteiger partial charge in [0, 0.05) is 30.5 Å². The van der Waals surface area contributed by atoms with Crippen molar-refractivity contribution in [3.8, 4) is 0 Å². The highest BCUT2D eigenvalue weighted by molar-refractivity contribution is 5.85. The van der Waals surface area contributed by atoms with Gasteiger partial charge in [-0.1, -0.05) is 91.9 Å². The molecule has 0 spiro atoms. The van der Waals surface area contributed by atoms with E-state index >= 15 is 0 Å². The third-order valence-corrected chi connectivity index (χ3v) is 9.47. The van der Waals surface area contributed by atoms with E-state index in [1.165, 1.54) is 16.7 Å². The molecule has 4 bridgehead atoms. The second-order valence-electron chi connectivity index (χ2n) is 11.0. The predicted molar refractivity (Wildman–Crippen MR) is 151 cm³/mol. The Morgan fingerprint density at radius 3 is 2.24 bits per heavy atom. The molecule has 2 aliphatic heterocycles. The molecule has 0 aromatic heterocycles. The van der Waals surface area contributed by atoms with Crippen molar-refractivity contribution in [3.63, 3.8) is 0 Å². The largest absolute Gasteiger partial charge is 0.465 e. The van der Waals surface area contributed by atoms with Gasteiger partial charge in [0.1, 0.15) is 0 Å². The lowest BCUT2D eigenvalue weighted by Crippen LogP contribution is -2.70. The number of hydrogen-bond donors (Lipinski definition) is 0. The van der Waals surface area contributed by atoms with Gasteiger partial charge in [0.25, 0.3) is 0 Å². The summed E-state index contributed by atoms with van der Waals surface area (Å²) in [6.07, 6.45) is 6.07. The second kappa shape index (κ2) is 11.0. The van der Waals surface area contributed by atoms with Crippen molar-refractivity contribution in [2.45, 2.75) is 62.9 Å². The second-order valence-corrected chi connectivity index (χ2v) is 11.0. The molecule has 2 saturated heterocycles. The Hall–Kier alpha value is -2.62. The van der Waals surface area contributed by atoms with Gasteiger partial charge in [0.2, 0.25) is 0 Å². The number of esters is 1. The summed E-state index contributed by atoms with van der Waals surface area (Å²) in [6.45, 7) is 3.83. The number of nitrogens with zero attached hydrogens (tertiary/aromatic N) is 1. The van der Waals surface area contributed by atoms with Crippen LogP contribution in [0.5, 0.6) is 0 Å². The van der Waals surface area contributed by atoms with Crippen molar-refractivity contribution in [3.05, 3.63) is 107 Å². The molecule has 3 aromatic carbocycles. The van der Waals surface area contributed by atoms with Crippen molar-refractivity contribution in [2.24, 2.45) is 11.8 Å². The molecular weight excluding hydrogens is 478 g/mol. The molecular formula is C33H38ClNO2. The minimum absolute atomic E-state index is 0. The number of fused-ring (bicyclic) bond motifs is 2. The average molecular weight is 516 g/mol. The van der Waals surface area contributed by atoms with Crippen LogP contribution >= 0.6 is 12.4 Å². The van der Waals surface area contributed by atoms with E-state index in [2.05, 4.69) is 78.6 Å². The zero-order valence-corrected chi connectivity index (χ0v) is 22.5. The number of carbonyl (C=O) groups is 1. The first kappa shape index (κ1) is 26.0. The summed E-state index contributed by atoms with van der Waals surface area (Å²) in [5, 5.41) is 0. The summed E-state index contributed by atoms with van der Waals surface area (Å²) in [6, 6.07) is 31.0. The van der Waals surface area contributed by atoms with Gasteiger partial charge >= 0.3 is 5.97 Å². The lowest BCUT2D eigenvalue weighted by molar-refractivity contribution is -0.167. The summed E-state index contributed by atoms with van der Waals surface area (Å²) >= 11 is 0. The Bertz CT molecular complexity index is 1200. The molecule has 3 nitrogen and oxygen atoms in total. The molecule has 194 valence electrons. The number of carbonyl (C=O) groups excluding carboxylic acids is 1. The molecule has 1 saturated carbocycles. The molecule has 0 amide bonds. The Morgan fingerprint density at radius 1 is 0.892 bits per heavy atom. The van der Waals surface area contributed by atoms with E-state index in [1.54, 1.807) is 5.56 Å². The molecule has 2 heterocycles. The van der Waals surface area contributed by atoms with Crippen LogP contribution in [0.1, 0.15) is 48.4 Å². The molecule has 7 rings (SSSR count). The van der Waals surface area contributed by atoms with E-state index < -0.39 is 0 Å². The number of hydrogen-bond acceptors (Lipinski definition) is 3. The van der Waals surface area contributed by atoms with Crippen LogP contribution in [0, 0.1) is 11.8 Å². The van der Waals surface area contributed by atoms with Crippen molar-refractivity contribution in [2.75, 3.05) is 13.2 Å². The van der Waals surface area contributed by atoms with Gasteiger partial charge in [0.15, 0.2) is 0 Å². The van der Waals surface area contributed by atoms with E-state index in [9.17, 15) is 4.79 Å². The van der Waals surface area contributed by atoms with Crippen LogP contribution in [-0.2, 0) is 34.2 Å². The maximum atomic E-state index is 13.5. The molecule has 4 aliphatic rings. The zero-order valence-electron chi connectivity index (χ0n) is 21.7. The predicted octanol–water partition coefficient (Wildman–Crippen LogP) is 6.42. The minimum Gasteiger partial charge on any atom is -0.465 e. The molecule has 5 atom stereocenters. The van der Waals surface area contributed by atoms with Crippen molar-refractivity contribution >= 4 is 18.4 Å². The maximum absolute atomic E-state index is 13.5. The standard InChI is InChI=1S/C33H37NO2.ClH/c1-2-33-23-31-27(32(35)36-20-18-25-13-7-4-8-14-25)22-29(33)30(21-26-15-9-10-16-28(26)33)34(31)19-17-24-11-5-3-6-12-24;/h3-16,27,29-31H,2,17-23H2,1H3;1H/t27-,29?,30?,31?,33-;/m0./s1. The summed E-state index contributed by atoms with van der Waals surface area (Å²) < 4.78 is 5.94. The number of benzene rings is 3. The van der Waals surface area contributed by atoms with Crippen LogP contribution in [0.15, 0.2) is 84.9 Å². The lowest BCUT2D eigenvalue weighted by atomic mass is 9.48. The first-order valence-corrected chi connectivity index (χ1v) is 13.8. The van der Waals surface area contributed by atoms with Crippen LogP contribution < -0.4 is 0 Å². The quantitative estimate of drug-likeness (QED) is 0.324. The summed E-state index contributed by atoms with van der Waals surface area (Å²) in [5.74, 6) is 0.496. The third kappa shape index (κ3) is 4.73. The summed E-state index contributed by atoms with van der Waals surface area (Å²) in [5.41, 5.74) is 5.86. The molecule has 4 heteroatoms. The Kier molecular flexibility index (Phi) is 7.74. The molecule has 2 aliphatic carbocycles. The molecule has 3 aromatic rings. The Balaban J connectivity index is 0.00000280. The summed E-state index contributed by atoms with van der Waals surface area (Å²) in [4.78, 5) is 16.2. The Morgan fingerprint density at radius 2 is 1.54 bits per heavy atom.